The lowest BCUT2D eigenvalue weighted by molar-refractivity contribution is -0.127. The van der Waals surface area contributed by atoms with Crippen molar-refractivity contribution in [2.24, 2.45) is 0 Å². The molecule has 0 bridgehead atoms. The van der Waals surface area contributed by atoms with Gasteiger partial charge in [0.15, 0.2) is 0 Å². The fraction of sp³-hybridized carbons (Fsp3) is 0.250. The molecule has 0 saturated carbocycles. The van der Waals surface area contributed by atoms with Gasteiger partial charge >= 0.3 is 0 Å². The number of rotatable bonds is 7. The second-order valence-corrected chi connectivity index (χ2v) is 7.61. The van der Waals surface area contributed by atoms with Crippen LogP contribution in [-0.4, -0.2) is 33.7 Å². The minimum Gasteiger partial charge on any atom is -0.337 e. The number of halogens is 1. The molecular weight excluding hydrogens is 382 g/mol. The minimum absolute atomic E-state index is 0.00218. The third kappa shape index (κ3) is 5.34. The molecule has 1 amide bonds. The summed E-state index contributed by atoms with van der Waals surface area (Å²) in [4.78, 5) is 18.3. The normalized spacial score (nSPS) is 10.8. The molecular formula is C20H20ClN3O2S. The van der Waals surface area contributed by atoms with Crippen molar-refractivity contribution >= 4 is 29.3 Å². The van der Waals surface area contributed by atoms with Crippen molar-refractivity contribution in [3.8, 4) is 11.4 Å². The van der Waals surface area contributed by atoms with E-state index in [1.54, 1.807) is 11.9 Å². The molecule has 0 fully saturated rings. The van der Waals surface area contributed by atoms with Crippen molar-refractivity contribution in [2.45, 2.75) is 19.2 Å². The van der Waals surface area contributed by atoms with E-state index in [1.807, 2.05) is 55.5 Å². The van der Waals surface area contributed by atoms with Gasteiger partial charge in [-0.25, -0.2) is 0 Å². The molecule has 0 N–H and O–H groups in total. The molecule has 2 aromatic carbocycles. The van der Waals surface area contributed by atoms with E-state index in [4.69, 9.17) is 16.1 Å². The first-order valence-electron chi connectivity index (χ1n) is 8.47. The largest absolute Gasteiger partial charge is 0.337 e. The molecule has 3 rings (SSSR count). The highest BCUT2D eigenvalue weighted by Gasteiger charge is 2.15. The van der Waals surface area contributed by atoms with E-state index in [0.29, 0.717) is 23.2 Å². The van der Waals surface area contributed by atoms with Gasteiger partial charge in [0.25, 0.3) is 0 Å². The van der Waals surface area contributed by atoms with Crippen LogP contribution in [0.2, 0.25) is 5.02 Å². The number of carbonyl (C=O) groups is 1. The second-order valence-electron chi connectivity index (χ2n) is 6.22. The molecule has 140 valence electrons. The lowest BCUT2D eigenvalue weighted by Crippen LogP contribution is -2.28. The van der Waals surface area contributed by atoms with E-state index in [-0.39, 0.29) is 12.5 Å². The quantitative estimate of drug-likeness (QED) is 0.579. The number of carbonyl (C=O) groups excluding carboxylic acids is 1. The Labute approximate surface area is 167 Å². The summed E-state index contributed by atoms with van der Waals surface area (Å²) >= 11 is 7.66. The molecule has 0 spiro atoms. The van der Waals surface area contributed by atoms with Gasteiger partial charge in [0.1, 0.15) is 0 Å². The van der Waals surface area contributed by atoms with E-state index in [1.165, 1.54) is 11.8 Å². The van der Waals surface area contributed by atoms with Crippen LogP contribution in [0.5, 0.6) is 0 Å². The van der Waals surface area contributed by atoms with Gasteiger partial charge in [-0.05, 0) is 24.6 Å². The minimum atomic E-state index is 0.00218. The Balaban J connectivity index is 1.52. The molecule has 27 heavy (non-hydrogen) atoms. The number of amides is 1. The Bertz CT molecular complexity index is 929. The summed E-state index contributed by atoms with van der Waals surface area (Å²) < 4.78 is 5.29. The molecule has 3 aromatic rings. The van der Waals surface area contributed by atoms with Crippen LogP contribution in [0.15, 0.2) is 53.1 Å². The average Bonchev–Trinajstić information content (AvgIpc) is 3.11. The maximum Gasteiger partial charge on any atom is 0.246 e. The summed E-state index contributed by atoms with van der Waals surface area (Å²) in [6.45, 7) is 2.29. The predicted molar refractivity (Wildman–Crippen MR) is 109 cm³/mol. The van der Waals surface area contributed by atoms with Crippen LogP contribution in [0, 0.1) is 6.92 Å². The Hall–Kier alpha value is -2.31. The van der Waals surface area contributed by atoms with Gasteiger partial charge in [0, 0.05) is 23.4 Å². The van der Waals surface area contributed by atoms with Crippen molar-refractivity contribution in [3.05, 3.63) is 70.6 Å². The fourth-order valence-electron chi connectivity index (χ4n) is 2.49. The van der Waals surface area contributed by atoms with Crippen molar-refractivity contribution in [3.63, 3.8) is 0 Å². The summed E-state index contributed by atoms with van der Waals surface area (Å²) in [6.07, 6.45) is 0. The van der Waals surface area contributed by atoms with Gasteiger partial charge in [-0.15, -0.1) is 11.8 Å². The highest BCUT2D eigenvalue weighted by atomic mass is 35.5. The Morgan fingerprint density at radius 2 is 2.04 bits per heavy atom. The summed E-state index contributed by atoms with van der Waals surface area (Å²) in [5.41, 5.74) is 3.05. The molecule has 1 heterocycles. The first-order chi connectivity index (χ1) is 13.0. The Morgan fingerprint density at radius 3 is 2.81 bits per heavy atom. The Morgan fingerprint density at radius 1 is 1.22 bits per heavy atom. The van der Waals surface area contributed by atoms with Gasteiger partial charge < -0.3 is 9.42 Å². The van der Waals surface area contributed by atoms with Crippen LogP contribution in [-0.2, 0) is 17.1 Å². The van der Waals surface area contributed by atoms with E-state index in [0.717, 1.165) is 21.7 Å². The molecule has 0 unspecified atom stereocenters. The summed E-state index contributed by atoms with van der Waals surface area (Å²) in [7, 11) is 1.73. The molecule has 1 aromatic heterocycles. The maximum absolute atomic E-state index is 12.3. The maximum atomic E-state index is 12.3. The van der Waals surface area contributed by atoms with Crippen molar-refractivity contribution in [1.82, 2.24) is 15.0 Å². The third-order valence-electron chi connectivity index (χ3n) is 3.98. The molecule has 0 aliphatic rings. The Kier molecular flexibility index (Phi) is 6.53. The number of hydrogen-bond acceptors (Lipinski definition) is 5. The van der Waals surface area contributed by atoms with Gasteiger partial charge in [-0.1, -0.05) is 58.7 Å². The highest BCUT2D eigenvalue weighted by Crippen LogP contribution is 2.21. The summed E-state index contributed by atoms with van der Waals surface area (Å²) in [5.74, 6) is 2.00. The van der Waals surface area contributed by atoms with Gasteiger partial charge in [-0.2, -0.15) is 4.98 Å². The SMILES string of the molecule is Cc1cccc(-c2noc(CN(C)C(=O)CSCc3ccccc3Cl)n2)c1. The number of hydrogen-bond donors (Lipinski definition) is 0. The average molecular weight is 402 g/mol. The van der Waals surface area contributed by atoms with E-state index in [9.17, 15) is 4.79 Å². The van der Waals surface area contributed by atoms with Crippen LogP contribution in [0.25, 0.3) is 11.4 Å². The monoisotopic (exact) mass is 401 g/mol. The summed E-state index contributed by atoms with van der Waals surface area (Å²) in [6, 6.07) is 15.5. The molecule has 0 atom stereocenters. The number of aryl methyl sites for hydroxylation is 1. The first-order valence-corrected chi connectivity index (χ1v) is 10.0. The van der Waals surface area contributed by atoms with Crippen LogP contribution < -0.4 is 0 Å². The van der Waals surface area contributed by atoms with Crippen LogP contribution in [0.4, 0.5) is 0 Å². The topological polar surface area (TPSA) is 59.2 Å². The van der Waals surface area contributed by atoms with Crippen LogP contribution in [0.3, 0.4) is 0 Å². The van der Waals surface area contributed by atoms with Gasteiger partial charge in [0.05, 0.1) is 12.3 Å². The zero-order valence-electron chi connectivity index (χ0n) is 15.2. The fourth-order valence-corrected chi connectivity index (χ4v) is 3.74. The zero-order valence-corrected chi connectivity index (χ0v) is 16.8. The number of nitrogens with zero attached hydrogens (tertiary/aromatic N) is 3. The van der Waals surface area contributed by atoms with Crippen LogP contribution >= 0.6 is 23.4 Å². The molecule has 7 heteroatoms. The van der Waals surface area contributed by atoms with Gasteiger partial charge in [-0.3, -0.25) is 4.79 Å². The zero-order chi connectivity index (χ0) is 19.2. The van der Waals surface area contributed by atoms with E-state index in [2.05, 4.69) is 10.1 Å². The molecule has 0 radical (unpaired) electrons. The predicted octanol–water partition coefficient (Wildman–Crippen LogP) is 4.59. The van der Waals surface area contributed by atoms with Crippen molar-refractivity contribution < 1.29 is 9.32 Å². The van der Waals surface area contributed by atoms with E-state index >= 15 is 0 Å². The van der Waals surface area contributed by atoms with Crippen molar-refractivity contribution in [1.29, 1.82) is 0 Å². The van der Waals surface area contributed by atoms with E-state index < -0.39 is 0 Å². The van der Waals surface area contributed by atoms with Gasteiger partial charge in [0.2, 0.25) is 17.6 Å². The van der Waals surface area contributed by atoms with Crippen molar-refractivity contribution in [2.75, 3.05) is 12.8 Å². The standard InChI is InChI=1S/C20H20ClN3O2S/c1-14-6-5-8-15(10-14)20-22-18(26-23-20)11-24(2)19(25)13-27-12-16-7-3-4-9-17(16)21/h3-10H,11-13H2,1-2H3. The summed E-state index contributed by atoms with van der Waals surface area (Å²) in [5, 5.41) is 4.73. The third-order valence-corrected chi connectivity index (χ3v) is 5.32. The van der Waals surface area contributed by atoms with Crippen LogP contribution in [0.1, 0.15) is 17.0 Å². The highest BCUT2D eigenvalue weighted by molar-refractivity contribution is 7.99. The molecule has 0 aliphatic carbocycles. The lowest BCUT2D eigenvalue weighted by atomic mass is 10.1. The molecule has 0 saturated heterocycles. The second kappa shape index (κ2) is 9.06. The lowest BCUT2D eigenvalue weighted by Gasteiger charge is -2.14. The smallest absolute Gasteiger partial charge is 0.246 e. The number of aromatic nitrogens is 2. The number of thioether (sulfide) groups is 1. The molecule has 0 aliphatic heterocycles. The molecule has 5 nitrogen and oxygen atoms in total. The number of benzene rings is 2. The first kappa shape index (κ1) is 19.5.